The number of methoxy groups -OCH3 is 1. The summed E-state index contributed by atoms with van der Waals surface area (Å²) in [5, 5.41) is 14.8. The molecule has 0 aliphatic carbocycles. The van der Waals surface area contributed by atoms with Crippen LogP contribution in [-0.2, 0) is 4.74 Å². The first-order valence-electron chi connectivity index (χ1n) is 7.04. The van der Waals surface area contributed by atoms with Crippen molar-refractivity contribution in [3.63, 3.8) is 0 Å². The van der Waals surface area contributed by atoms with Gasteiger partial charge in [-0.3, -0.25) is 0 Å². The molecule has 2 aromatic carbocycles. The SMILES string of the molecule is COCCNc1nnc(-c2ccc(Cl)cc2)c2ccccc12. The van der Waals surface area contributed by atoms with Gasteiger partial charge in [-0.05, 0) is 12.1 Å². The van der Waals surface area contributed by atoms with E-state index in [1.807, 2.05) is 42.5 Å². The van der Waals surface area contributed by atoms with Crippen LogP contribution in [0.15, 0.2) is 48.5 Å². The normalized spacial score (nSPS) is 10.8. The molecular formula is C17H16ClN3O. The number of hydrogen-bond donors (Lipinski definition) is 1. The van der Waals surface area contributed by atoms with Crippen LogP contribution in [0.4, 0.5) is 5.82 Å². The zero-order valence-electron chi connectivity index (χ0n) is 12.2. The highest BCUT2D eigenvalue weighted by Crippen LogP contribution is 2.30. The van der Waals surface area contributed by atoms with Gasteiger partial charge in [0.1, 0.15) is 5.69 Å². The third-order valence-corrected chi connectivity index (χ3v) is 3.66. The lowest BCUT2D eigenvalue weighted by atomic mass is 10.0. The summed E-state index contributed by atoms with van der Waals surface area (Å²) in [5.41, 5.74) is 1.85. The van der Waals surface area contributed by atoms with Gasteiger partial charge in [0.25, 0.3) is 0 Å². The number of aromatic nitrogens is 2. The zero-order chi connectivity index (χ0) is 15.4. The Balaban J connectivity index is 2.06. The Hall–Kier alpha value is -2.17. The minimum absolute atomic E-state index is 0.620. The third kappa shape index (κ3) is 3.03. The average Bonchev–Trinajstić information content (AvgIpc) is 2.56. The molecule has 0 spiro atoms. The number of rotatable bonds is 5. The first kappa shape index (κ1) is 14.8. The van der Waals surface area contributed by atoms with Crippen molar-refractivity contribution >= 4 is 28.2 Å². The van der Waals surface area contributed by atoms with Crippen LogP contribution in [0.2, 0.25) is 5.02 Å². The highest BCUT2D eigenvalue weighted by Gasteiger charge is 2.10. The molecule has 3 aromatic rings. The summed E-state index contributed by atoms with van der Waals surface area (Å²) < 4.78 is 5.06. The van der Waals surface area contributed by atoms with Crippen molar-refractivity contribution in [2.45, 2.75) is 0 Å². The van der Waals surface area contributed by atoms with Crippen LogP contribution < -0.4 is 5.32 Å². The number of nitrogens with zero attached hydrogens (tertiary/aromatic N) is 2. The minimum Gasteiger partial charge on any atom is -0.383 e. The van der Waals surface area contributed by atoms with Gasteiger partial charge in [-0.25, -0.2) is 0 Å². The summed E-state index contributed by atoms with van der Waals surface area (Å²) in [6, 6.07) is 15.7. The molecule has 22 heavy (non-hydrogen) atoms. The third-order valence-electron chi connectivity index (χ3n) is 3.40. The fraction of sp³-hybridized carbons (Fsp3) is 0.176. The molecule has 4 nitrogen and oxygen atoms in total. The first-order chi connectivity index (χ1) is 10.8. The van der Waals surface area contributed by atoms with Crippen molar-refractivity contribution in [3.8, 4) is 11.3 Å². The molecule has 0 bridgehead atoms. The van der Waals surface area contributed by atoms with Crippen molar-refractivity contribution in [1.29, 1.82) is 0 Å². The Labute approximate surface area is 134 Å². The molecule has 0 atom stereocenters. The van der Waals surface area contributed by atoms with Gasteiger partial charge >= 0.3 is 0 Å². The van der Waals surface area contributed by atoms with Gasteiger partial charge in [0.2, 0.25) is 0 Å². The molecule has 112 valence electrons. The smallest absolute Gasteiger partial charge is 0.156 e. The van der Waals surface area contributed by atoms with E-state index in [-0.39, 0.29) is 0 Å². The molecule has 0 saturated heterocycles. The van der Waals surface area contributed by atoms with E-state index >= 15 is 0 Å². The second kappa shape index (κ2) is 6.73. The van der Waals surface area contributed by atoms with Crippen molar-refractivity contribution in [1.82, 2.24) is 10.2 Å². The van der Waals surface area contributed by atoms with E-state index in [0.717, 1.165) is 27.8 Å². The van der Waals surface area contributed by atoms with E-state index in [1.54, 1.807) is 7.11 Å². The lowest BCUT2D eigenvalue weighted by molar-refractivity contribution is 0.210. The number of halogens is 1. The van der Waals surface area contributed by atoms with E-state index < -0.39 is 0 Å². The van der Waals surface area contributed by atoms with Crippen LogP contribution in [0.3, 0.4) is 0 Å². The Morgan fingerprint density at radius 2 is 1.73 bits per heavy atom. The zero-order valence-corrected chi connectivity index (χ0v) is 13.0. The monoisotopic (exact) mass is 313 g/mol. The molecule has 0 saturated carbocycles. The molecule has 5 heteroatoms. The van der Waals surface area contributed by atoms with E-state index in [2.05, 4.69) is 21.6 Å². The van der Waals surface area contributed by atoms with Crippen LogP contribution in [0.1, 0.15) is 0 Å². The van der Waals surface area contributed by atoms with Crippen molar-refractivity contribution in [2.24, 2.45) is 0 Å². The van der Waals surface area contributed by atoms with E-state index in [0.29, 0.717) is 18.2 Å². The maximum atomic E-state index is 5.96. The maximum absolute atomic E-state index is 5.96. The molecule has 1 heterocycles. The summed E-state index contributed by atoms with van der Waals surface area (Å²) in [4.78, 5) is 0. The van der Waals surface area contributed by atoms with Crippen LogP contribution in [0, 0.1) is 0 Å². The molecule has 0 aliphatic heterocycles. The summed E-state index contributed by atoms with van der Waals surface area (Å²) in [6.45, 7) is 1.31. The van der Waals surface area contributed by atoms with Gasteiger partial charge in [0.05, 0.1) is 6.61 Å². The second-order valence-electron chi connectivity index (χ2n) is 4.87. The average molecular weight is 314 g/mol. The quantitative estimate of drug-likeness (QED) is 0.723. The highest BCUT2D eigenvalue weighted by molar-refractivity contribution is 6.30. The van der Waals surface area contributed by atoms with Crippen molar-refractivity contribution < 1.29 is 4.74 Å². The lowest BCUT2D eigenvalue weighted by Crippen LogP contribution is -2.10. The molecular weight excluding hydrogens is 298 g/mol. The van der Waals surface area contributed by atoms with Gasteiger partial charge in [0, 0.05) is 35.0 Å². The molecule has 0 unspecified atom stereocenters. The van der Waals surface area contributed by atoms with Crippen LogP contribution >= 0.6 is 11.6 Å². The number of nitrogens with one attached hydrogen (secondary N) is 1. The van der Waals surface area contributed by atoms with Gasteiger partial charge in [-0.15, -0.1) is 10.2 Å². The molecule has 0 aliphatic rings. The fourth-order valence-electron chi connectivity index (χ4n) is 2.33. The summed E-state index contributed by atoms with van der Waals surface area (Å²) in [7, 11) is 1.68. The Morgan fingerprint density at radius 1 is 1.00 bits per heavy atom. The Morgan fingerprint density at radius 3 is 2.45 bits per heavy atom. The number of hydrogen-bond acceptors (Lipinski definition) is 4. The molecule has 0 fully saturated rings. The molecule has 1 aromatic heterocycles. The van der Waals surface area contributed by atoms with Gasteiger partial charge in [-0.2, -0.15) is 0 Å². The van der Waals surface area contributed by atoms with Gasteiger partial charge in [0.15, 0.2) is 5.82 Å². The molecule has 0 radical (unpaired) electrons. The standard InChI is InChI=1S/C17H16ClN3O/c1-22-11-10-19-17-15-5-3-2-4-14(15)16(20-21-17)12-6-8-13(18)9-7-12/h2-9H,10-11H2,1H3,(H,19,21). The predicted molar refractivity (Wildman–Crippen MR) is 90.3 cm³/mol. The van der Waals surface area contributed by atoms with Crippen LogP contribution in [-0.4, -0.2) is 30.5 Å². The van der Waals surface area contributed by atoms with E-state index in [9.17, 15) is 0 Å². The van der Waals surface area contributed by atoms with E-state index in [4.69, 9.17) is 16.3 Å². The van der Waals surface area contributed by atoms with Crippen molar-refractivity contribution in [2.75, 3.05) is 25.6 Å². The number of anilines is 1. The maximum Gasteiger partial charge on any atom is 0.156 e. The summed E-state index contributed by atoms with van der Waals surface area (Å²) >= 11 is 5.96. The van der Waals surface area contributed by atoms with Gasteiger partial charge in [-0.1, -0.05) is 48.0 Å². The Kier molecular flexibility index (Phi) is 4.51. The van der Waals surface area contributed by atoms with E-state index in [1.165, 1.54) is 0 Å². The largest absolute Gasteiger partial charge is 0.383 e. The lowest BCUT2D eigenvalue weighted by Gasteiger charge is -2.11. The molecule has 1 N–H and O–H groups in total. The fourth-order valence-corrected chi connectivity index (χ4v) is 2.45. The molecule has 0 amide bonds. The number of ether oxygens (including phenoxy) is 1. The van der Waals surface area contributed by atoms with Gasteiger partial charge < -0.3 is 10.1 Å². The minimum atomic E-state index is 0.620. The van der Waals surface area contributed by atoms with Crippen LogP contribution in [0.5, 0.6) is 0 Å². The second-order valence-corrected chi connectivity index (χ2v) is 5.31. The first-order valence-corrected chi connectivity index (χ1v) is 7.41. The summed E-state index contributed by atoms with van der Waals surface area (Å²) in [6.07, 6.45) is 0. The van der Waals surface area contributed by atoms with Crippen LogP contribution in [0.25, 0.3) is 22.0 Å². The number of benzene rings is 2. The highest BCUT2D eigenvalue weighted by atomic mass is 35.5. The predicted octanol–water partition coefficient (Wildman–Crippen LogP) is 4.01. The Bertz CT molecular complexity index is 774. The molecule has 3 rings (SSSR count). The number of fused-ring (bicyclic) bond motifs is 1. The topological polar surface area (TPSA) is 47.0 Å². The van der Waals surface area contributed by atoms with Crippen molar-refractivity contribution in [3.05, 3.63) is 53.6 Å². The summed E-state index contributed by atoms with van der Waals surface area (Å²) in [5.74, 6) is 0.769.